The van der Waals surface area contributed by atoms with Gasteiger partial charge in [0.2, 0.25) is 5.82 Å². The van der Waals surface area contributed by atoms with E-state index in [9.17, 15) is 18.4 Å². The molecule has 0 atom stereocenters. The molecular formula is C19H20F3N5. The monoisotopic (exact) mass is 375 g/mol. The van der Waals surface area contributed by atoms with Crippen molar-refractivity contribution in [3.63, 3.8) is 0 Å². The van der Waals surface area contributed by atoms with Crippen LogP contribution in [0, 0.1) is 11.3 Å². The second kappa shape index (κ2) is 8.46. The molecule has 0 bridgehead atoms. The predicted molar refractivity (Wildman–Crippen MR) is 94.8 cm³/mol. The molecule has 2 aromatic rings. The summed E-state index contributed by atoms with van der Waals surface area (Å²) in [6, 6.07) is 8.54. The van der Waals surface area contributed by atoms with Crippen LogP contribution in [-0.2, 0) is 12.6 Å². The third-order valence-electron chi connectivity index (χ3n) is 4.48. The number of benzene rings is 1. The number of hydrogen-bond donors (Lipinski definition) is 1. The molecule has 0 amide bonds. The maximum Gasteiger partial charge on any atom is 0.416 e. The molecule has 0 saturated carbocycles. The van der Waals surface area contributed by atoms with Gasteiger partial charge in [-0.15, -0.1) is 0 Å². The van der Waals surface area contributed by atoms with Gasteiger partial charge in [-0.25, -0.2) is 9.97 Å². The normalized spacial score (nSPS) is 15.5. The second-order valence-corrected chi connectivity index (χ2v) is 6.45. The quantitative estimate of drug-likeness (QED) is 0.871. The largest absolute Gasteiger partial charge is 0.416 e. The van der Waals surface area contributed by atoms with Crippen molar-refractivity contribution in [3.8, 4) is 17.3 Å². The van der Waals surface area contributed by atoms with Crippen molar-refractivity contribution in [2.75, 3.05) is 32.7 Å². The number of nitrogens with one attached hydrogen (secondary N) is 1. The fraction of sp³-hybridized carbons (Fsp3) is 0.421. The lowest BCUT2D eigenvalue weighted by Crippen LogP contribution is -2.43. The molecule has 0 radical (unpaired) electrons. The molecule has 27 heavy (non-hydrogen) atoms. The van der Waals surface area contributed by atoms with E-state index in [-0.39, 0.29) is 5.82 Å². The summed E-state index contributed by atoms with van der Waals surface area (Å²) < 4.78 is 38.9. The van der Waals surface area contributed by atoms with Crippen LogP contribution >= 0.6 is 0 Å². The van der Waals surface area contributed by atoms with Gasteiger partial charge in [-0.3, -0.25) is 0 Å². The highest BCUT2D eigenvalue weighted by Crippen LogP contribution is 2.31. The zero-order chi connectivity index (χ0) is 19.3. The minimum absolute atomic E-state index is 0.0258. The summed E-state index contributed by atoms with van der Waals surface area (Å²) in [6.07, 6.45) is -2.91. The van der Waals surface area contributed by atoms with Crippen molar-refractivity contribution in [1.29, 1.82) is 5.26 Å². The molecule has 1 aliphatic rings. The average Bonchev–Trinajstić information content (AvgIpc) is 2.68. The number of nitrogens with zero attached hydrogens (tertiary/aromatic N) is 4. The Balaban J connectivity index is 1.76. The molecule has 1 aromatic carbocycles. The zero-order valence-electron chi connectivity index (χ0n) is 14.8. The van der Waals surface area contributed by atoms with Gasteiger partial charge >= 0.3 is 6.18 Å². The van der Waals surface area contributed by atoms with Gasteiger partial charge in [0.25, 0.3) is 0 Å². The smallest absolute Gasteiger partial charge is 0.314 e. The van der Waals surface area contributed by atoms with Crippen LogP contribution in [0.5, 0.6) is 0 Å². The van der Waals surface area contributed by atoms with Gasteiger partial charge in [-0.05, 0) is 37.6 Å². The Morgan fingerprint density at radius 3 is 2.63 bits per heavy atom. The summed E-state index contributed by atoms with van der Waals surface area (Å²) in [5.41, 5.74) is 0.596. The Labute approximate surface area is 155 Å². The maximum absolute atomic E-state index is 13.0. The fourth-order valence-corrected chi connectivity index (χ4v) is 3.10. The van der Waals surface area contributed by atoms with Crippen LogP contribution in [0.1, 0.15) is 23.5 Å². The van der Waals surface area contributed by atoms with Crippen molar-refractivity contribution in [1.82, 2.24) is 20.2 Å². The van der Waals surface area contributed by atoms with E-state index in [0.29, 0.717) is 23.4 Å². The first kappa shape index (κ1) is 19.3. The molecule has 1 fully saturated rings. The number of nitriles is 1. The van der Waals surface area contributed by atoms with Crippen LogP contribution in [0.25, 0.3) is 11.3 Å². The Morgan fingerprint density at radius 1 is 1.15 bits per heavy atom. The van der Waals surface area contributed by atoms with Gasteiger partial charge in [-0.1, -0.05) is 12.1 Å². The Kier molecular flexibility index (Phi) is 6.04. The SMILES string of the molecule is N#Cc1nc(CCCN2CCNCC2)cc(-c2cccc(C(F)(F)F)c2)n1. The highest BCUT2D eigenvalue weighted by Gasteiger charge is 2.30. The first-order valence-electron chi connectivity index (χ1n) is 8.84. The van der Waals surface area contributed by atoms with E-state index in [0.717, 1.165) is 51.3 Å². The molecule has 5 nitrogen and oxygen atoms in total. The number of rotatable bonds is 5. The lowest BCUT2D eigenvalue weighted by atomic mass is 10.1. The molecule has 8 heteroatoms. The van der Waals surface area contributed by atoms with E-state index < -0.39 is 11.7 Å². The van der Waals surface area contributed by atoms with Gasteiger partial charge in [0.1, 0.15) is 6.07 Å². The van der Waals surface area contributed by atoms with Gasteiger partial charge in [-0.2, -0.15) is 18.4 Å². The fourth-order valence-electron chi connectivity index (χ4n) is 3.10. The highest BCUT2D eigenvalue weighted by molar-refractivity contribution is 5.61. The van der Waals surface area contributed by atoms with E-state index in [1.165, 1.54) is 6.07 Å². The minimum atomic E-state index is -4.42. The van der Waals surface area contributed by atoms with E-state index >= 15 is 0 Å². The van der Waals surface area contributed by atoms with E-state index in [1.807, 2.05) is 6.07 Å². The van der Waals surface area contributed by atoms with Crippen LogP contribution in [0.15, 0.2) is 30.3 Å². The van der Waals surface area contributed by atoms with Crippen LogP contribution < -0.4 is 5.32 Å². The number of alkyl halides is 3. The maximum atomic E-state index is 13.0. The number of hydrogen-bond acceptors (Lipinski definition) is 5. The number of halogens is 3. The lowest BCUT2D eigenvalue weighted by molar-refractivity contribution is -0.137. The van der Waals surface area contributed by atoms with Gasteiger partial charge in [0.15, 0.2) is 0 Å². The second-order valence-electron chi connectivity index (χ2n) is 6.45. The molecule has 1 aliphatic heterocycles. The summed E-state index contributed by atoms with van der Waals surface area (Å²) in [6.45, 7) is 4.88. The van der Waals surface area contributed by atoms with E-state index in [2.05, 4.69) is 20.2 Å². The summed E-state index contributed by atoms with van der Waals surface area (Å²) >= 11 is 0. The van der Waals surface area contributed by atoms with E-state index in [4.69, 9.17) is 0 Å². The van der Waals surface area contributed by atoms with Gasteiger partial charge in [0.05, 0.1) is 11.3 Å². The molecular weight excluding hydrogens is 355 g/mol. The van der Waals surface area contributed by atoms with Gasteiger partial charge in [0, 0.05) is 37.4 Å². The van der Waals surface area contributed by atoms with Gasteiger partial charge < -0.3 is 10.2 Å². The number of piperazine rings is 1. The summed E-state index contributed by atoms with van der Waals surface area (Å²) in [7, 11) is 0. The van der Waals surface area contributed by atoms with Crippen molar-refractivity contribution in [2.45, 2.75) is 19.0 Å². The molecule has 142 valence electrons. The highest BCUT2D eigenvalue weighted by atomic mass is 19.4. The van der Waals surface area contributed by atoms with Crippen molar-refractivity contribution in [2.24, 2.45) is 0 Å². The third kappa shape index (κ3) is 5.25. The molecule has 2 heterocycles. The van der Waals surface area contributed by atoms with Crippen molar-refractivity contribution in [3.05, 3.63) is 47.4 Å². The zero-order valence-corrected chi connectivity index (χ0v) is 14.8. The van der Waals surface area contributed by atoms with Crippen molar-refractivity contribution >= 4 is 0 Å². The Hall–Kier alpha value is -2.50. The Morgan fingerprint density at radius 2 is 1.93 bits per heavy atom. The van der Waals surface area contributed by atoms with Crippen LogP contribution in [-0.4, -0.2) is 47.6 Å². The summed E-state index contributed by atoms with van der Waals surface area (Å²) in [4.78, 5) is 10.6. The molecule has 0 aliphatic carbocycles. The first-order chi connectivity index (χ1) is 13.0. The number of aryl methyl sites for hydroxylation is 1. The molecule has 3 rings (SSSR count). The van der Waals surface area contributed by atoms with Crippen molar-refractivity contribution < 1.29 is 13.2 Å². The average molecular weight is 375 g/mol. The first-order valence-corrected chi connectivity index (χ1v) is 8.84. The predicted octanol–water partition coefficient (Wildman–Crippen LogP) is 2.87. The van der Waals surface area contributed by atoms with Crippen LogP contribution in [0.3, 0.4) is 0 Å². The summed E-state index contributed by atoms with van der Waals surface area (Å²) in [5, 5.41) is 12.5. The number of aromatic nitrogens is 2. The van der Waals surface area contributed by atoms with Crippen LogP contribution in [0.2, 0.25) is 0 Å². The standard InChI is InChI=1S/C19H20F3N5/c20-19(21,22)15-4-1-3-14(11-15)17-12-16(25-18(13-23)26-17)5-2-8-27-9-6-24-7-10-27/h1,3-4,11-12,24H,2,5-10H2. The minimum Gasteiger partial charge on any atom is -0.314 e. The summed E-state index contributed by atoms with van der Waals surface area (Å²) in [5.74, 6) is -0.0258. The molecule has 0 spiro atoms. The van der Waals surface area contributed by atoms with E-state index in [1.54, 1.807) is 12.1 Å². The molecule has 1 N–H and O–H groups in total. The topological polar surface area (TPSA) is 64.8 Å². The molecule has 1 aromatic heterocycles. The van der Waals surface area contributed by atoms with Crippen LogP contribution in [0.4, 0.5) is 13.2 Å². The lowest BCUT2D eigenvalue weighted by Gasteiger charge is -2.26. The molecule has 1 saturated heterocycles. The Bertz CT molecular complexity index is 823. The molecule has 0 unspecified atom stereocenters. The third-order valence-corrected chi connectivity index (χ3v) is 4.48.